The maximum atomic E-state index is 14.1. The lowest BCUT2D eigenvalue weighted by molar-refractivity contribution is -0.137. The van der Waals surface area contributed by atoms with Gasteiger partial charge >= 0.3 is 0 Å². The number of carbonyl (C=O) groups excluding carboxylic acids is 3. The van der Waals surface area contributed by atoms with Gasteiger partial charge in [-0.25, -0.2) is 4.39 Å². The average molecular weight is 536 g/mol. The summed E-state index contributed by atoms with van der Waals surface area (Å²) in [6.07, 6.45) is 0. The summed E-state index contributed by atoms with van der Waals surface area (Å²) >= 11 is 0. The van der Waals surface area contributed by atoms with Gasteiger partial charge in [-0.05, 0) is 41.0 Å². The van der Waals surface area contributed by atoms with Crippen LogP contribution in [0.5, 0.6) is 0 Å². The average Bonchev–Trinajstić information content (AvgIpc) is 3.01. The van der Waals surface area contributed by atoms with Crippen LogP contribution < -0.4 is 5.32 Å². The van der Waals surface area contributed by atoms with Gasteiger partial charge in [0.2, 0.25) is 11.8 Å². The molecule has 6 nitrogen and oxygen atoms in total. The van der Waals surface area contributed by atoms with Crippen molar-refractivity contribution in [1.29, 1.82) is 0 Å². The third-order valence-corrected chi connectivity index (χ3v) is 7.17. The summed E-state index contributed by atoms with van der Waals surface area (Å²) in [6, 6.07) is 32.9. The molecule has 1 atom stereocenters. The molecule has 1 unspecified atom stereocenters. The first-order valence-electron chi connectivity index (χ1n) is 13.3. The topological polar surface area (TPSA) is 69.7 Å². The summed E-state index contributed by atoms with van der Waals surface area (Å²) in [7, 11) is 0. The van der Waals surface area contributed by atoms with Crippen LogP contribution in [0.2, 0.25) is 0 Å². The van der Waals surface area contributed by atoms with Crippen molar-refractivity contribution in [2.24, 2.45) is 0 Å². The van der Waals surface area contributed by atoms with Crippen molar-refractivity contribution in [2.45, 2.75) is 18.5 Å². The van der Waals surface area contributed by atoms with Gasteiger partial charge in [0, 0.05) is 25.2 Å². The van der Waals surface area contributed by atoms with Crippen molar-refractivity contribution in [2.75, 3.05) is 19.6 Å². The van der Waals surface area contributed by atoms with Crippen molar-refractivity contribution in [3.63, 3.8) is 0 Å². The van der Waals surface area contributed by atoms with Gasteiger partial charge in [-0.2, -0.15) is 0 Å². The molecule has 1 saturated heterocycles. The minimum absolute atomic E-state index is 0.0584. The van der Waals surface area contributed by atoms with Gasteiger partial charge in [0.15, 0.2) is 0 Å². The molecule has 7 heteroatoms. The lowest BCUT2D eigenvalue weighted by atomic mass is 9.89. The third-order valence-electron chi connectivity index (χ3n) is 7.17. The number of halogens is 1. The van der Waals surface area contributed by atoms with E-state index in [1.54, 1.807) is 46.2 Å². The third kappa shape index (κ3) is 6.10. The number of hydrogen-bond acceptors (Lipinski definition) is 3. The van der Waals surface area contributed by atoms with Gasteiger partial charge in [0.25, 0.3) is 5.91 Å². The molecule has 1 aliphatic rings. The van der Waals surface area contributed by atoms with E-state index in [9.17, 15) is 18.8 Å². The van der Waals surface area contributed by atoms with Crippen molar-refractivity contribution in [1.82, 2.24) is 15.1 Å². The summed E-state index contributed by atoms with van der Waals surface area (Å²) in [5.74, 6) is -1.66. The Labute approximate surface area is 233 Å². The van der Waals surface area contributed by atoms with Crippen LogP contribution in [0.3, 0.4) is 0 Å². The second-order valence-electron chi connectivity index (χ2n) is 9.76. The molecule has 202 valence electrons. The van der Waals surface area contributed by atoms with Crippen molar-refractivity contribution in [3.05, 3.63) is 143 Å². The zero-order chi connectivity index (χ0) is 27.9. The van der Waals surface area contributed by atoms with Gasteiger partial charge in [-0.1, -0.05) is 91.0 Å². The summed E-state index contributed by atoms with van der Waals surface area (Å²) in [5, 5.41) is 2.88. The van der Waals surface area contributed by atoms with E-state index in [1.807, 2.05) is 66.7 Å². The van der Waals surface area contributed by atoms with E-state index in [0.29, 0.717) is 12.1 Å². The summed E-state index contributed by atoms with van der Waals surface area (Å²) in [5.41, 5.74) is 2.93. The molecule has 1 heterocycles. The van der Waals surface area contributed by atoms with E-state index in [4.69, 9.17) is 0 Å². The second-order valence-corrected chi connectivity index (χ2v) is 9.76. The normalized spacial score (nSPS) is 15.1. The largest absolute Gasteiger partial charge is 0.350 e. The standard InChI is InChI=1S/C33H30FN3O3/c34-28-18-16-24(17-19-28)22-35-31(38)29-23-36(20-21-37(29)32(39)27-14-8-3-9-15-27)33(40)30(25-10-4-1-5-11-25)26-12-6-2-7-13-26/h1-19,29-30H,20-23H2,(H,35,38). The van der Waals surface area contributed by atoms with Crippen LogP contribution in [-0.4, -0.2) is 53.2 Å². The molecular weight excluding hydrogens is 505 g/mol. The molecule has 40 heavy (non-hydrogen) atoms. The molecule has 0 aliphatic carbocycles. The van der Waals surface area contributed by atoms with Gasteiger partial charge < -0.3 is 15.1 Å². The number of rotatable bonds is 7. The molecule has 0 radical (unpaired) electrons. The zero-order valence-corrected chi connectivity index (χ0v) is 21.9. The van der Waals surface area contributed by atoms with Crippen LogP contribution in [0.15, 0.2) is 115 Å². The highest BCUT2D eigenvalue weighted by atomic mass is 19.1. The predicted molar refractivity (Wildman–Crippen MR) is 151 cm³/mol. The fourth-order valence-corrected chi connectivity index (χ4v) is 5.06. The summed E-state index contributed by atoms with van der Waals surface area (Å²) in [4.78, 5) is 44.3. The Bertz CT molecular complexity index is 1410. The Morgan fingerprint density at radius 1 is 0.750 bits per heavy atom. The minimum atomic E-state index is -0.891. The molecule has 1 fully saturated rings. The van der Waals surface area contributed by atoms with Crippen LogP contribution in [0.4, 0.5) is 4.39 Å². The van der Waals surface area contributed by atoms with E-state index in [0.717, 1.165) is 16.7 Å². The van der Waals surface area contributed by atoms with Gasteiger partial charge in [-0.15, -0.1) is 0 Å². The minimum Gasteiger partial charge on any atom is -0.350 e. The van der Waals surface area contributed by atoms with E-state index < -0.39 is 12.0 Å². The molecule has 1 N–H and O–H groups in total. The number of benzene rings is 4. The number of piperazine rings is 1. The highest BCUT2D eigenvalue weighted by Crippen LogP contribution is 2.28. The molecule has 0 bridgehead atoms. The molecule has 5 rings (SSSR count). The lowest BCUT2D eigenvalue weighted by Gasteiger charge is -2.41. The maximum Gasteiger partial charge on any atom is 0.254 e. The quantitative estimate of drug-likeness (QED) is 0.375. The highest BCUT2D eigenvalue weighted by molar-refractivity contribution is 5.98. The smallest absolute Gasteiger partial charge is 0.254 e. The number of carbonyl (C=O) groups is 3. The van der Waals surface area contributed by atoms with E-state index >= 15 is 0 Å². The number of nitrogens with one attached hydrogen (secondary N) is 1. The first-order chi connectivity index (χ1) is 19.5. The monoisotopic (exact) mass is 535 g/mol. The Kier molecular flexibility index (Phi) is 8.30. The van der Waals surface area contributed by atoms with E-state index in [-0.39, 0.29) is 43.2 Å². The van der Waals surface area contributed by atoms with E-state index in [2.05, 4.69) is 5.32 Å². The van der Waals surface area contributed by atoms with Gasteiger partial charge in [0.05, 0.1) is 12.5 Å². The highest BCUT2D eigenvalue weighted by Gasteiger charge is 2.39. The maximum absolute atomic E-state index is 14.1. The fourth-order valence-electron chi connectivity index (χ4n) is 5.06. The molecule has 0 aromatic heterocycles. The second kappa shape index (κ2) is 12.4. The molecule has 4 aromatic carbocycles. The van der Waals surface area contributed by atoms with Crippen LogP contribution in [-0.2, 0) is 16.1 Å². The summed E-state index contributed by atoms with van der Waals surface area (Å²) < 4.78 is 13.3. The Morgan fingerprint density at radius 3 is 1.88 bits per heavy atom. The lowest BCUT2D eigenvalue weighted by Crippen LogP contribution is -2.62. The van der Waals surface area contributed by atoms with Crippen LogP contribution in [0.25, 0.3) is 0 Å². The van der Waals surface area contributed by atoms with Gasteiger partial charge in [0.1, 0.15) is 11.9 Å². The predicted octanol–water partition coefficient (Wildman–Crippen LogP) is 4.63. The number of hydrogen-bond donors (Lipinski definition) is 1. The van der Waals surface area contributed by atoms with Crippen molar-refractivity contribution in [3.8, 4) is 0 Å². The number of amides is 3. The van der Waals surface area contributed by atoms with Crippen molar-refractivity contribution < 1.29 is 18.8 Å². The molecular formula is C33H30FN3O3. The Hall–Kier alpha value is -4.78. The van der Waals surface area contributed by atoms with Crippen molar-refractivity contribution >= 4 is 17.7 Å². The van der Waals surface area contributed by atoms with E-state index in [1.165, 1.54) is 12.1 Å². The zero-order valence-electron chi connectivity index (χ0n) is 21.9. The molecule has 4 aromatic rings. The summed E-state index contributed by atoms with van der Waals surface area (Å²) in [6.45, 7) is 0.746. The van der Waals surface area contributed by atoms with Crippen LogP contribution >= 0.6 is 0 Å². The molecule has 3 amide bonds. The number of nitrogens with zero attached hydrogens (tertiary/aromatic N) is 2. The first-order valence-corrected chi connectivity index (χ1v) is 13.3. The Balaban J connectivity index is 1.41. The van der Waals surface area contributed by atoms with Gasteiger partial charge in [-0.3, -0.25) is 14.4 Å². The molecule has 0 saturated carbocycles. The SMILES string of the molecule is O=C(NCc1ccc(F)cc1)C1CN(C(=O)C(c2ccccc2)c2ccccc2)CCN1C(=O)c1ccccc1. The van der Waals surface area contributed by atoms with Crippen LogP contribution in [0.1, 0.15) is 33.0 Å². The molecule has 0 spiro atoms. The Morgan fingerprint density at radius 2 is 1.30 bits per heavy atom. The first kappa shape index (κ1) is 26.8. The molecule has 1 aliphatic heterocycles. The van der Waals surface area contributed by atoms with Crippen LogP contribution in [0, 0.1) is 5.82 Å². The fraction of sp³-hybridized carbons (Fsp3) is 0.182.